The highest BCUT2D eigenvalue weighted by Gasteiger charge is 2.16. The number of rotatable bonds is 3. The summed E-state index contributed by atoms with van der Waals surface area (Å²) in [6, 6.07) is 18.3. The molecule has 2 aromatic rings. The maximum Gasteiger partial charge on any atom is -0.0132 e. The second kappa shape index (κ2) is 6.51. The maximum atomic E-state index is 2.38. The molecule has 0 fully saturated rings. The highest BCUT2D eigenvalue weighted by Crippen LogP contribution is 2.28. The molecule has 23 heavy (non-hydrogen) atoms. The van der Waals surface area contributed by atoms with E-state index in [4.69, 9.17) is 0 Å². The van der Waals surface area contributed by atoms with Gasteiger partial charge < -0.3 is 0 Å². The second-order valence-corrected chi connectivity index (χ2v) is 8.93. The lowest BCUT2D eigenvalue weighted by Crippen LogP contribution is -2.12. The quantitative estimate of drug-likeness (QED) is 0.597. The zero-order valence-electron chi connectivity index (χ0n) is 15.9. The van der Waals surface area contributed by atoms with Crippen LogP contribution >= 0.6 is 0 Å². The van der Waals surface area contributed by atoms with Crippen molar-refractivity contribution in [1.82, 2.24) is 0 Å². The first-order valence-corrected chi connectivity index (χ1v) is 8.77. The predicted molar refractivity (Wildman–Crippen MR) is 102 cm³/mol. The molecule has 2 rings (SSSR count). The summed E-state index contributed by atoms with van der Waals surface area (Å²) in [5.74, 6) is 0.541. The molecule has 0 amide bonds. The van der Waals surface area contributed by atoms with Crippen molar-refractivity contribution in [1.29, 1.82) is 0 Å². The third-order valence-electron chi connectivity index (χ3n) is 4.68. The fraction of sp³-hybridized carbons (Fsp3) is 0.478. The summed E-state index contributed by atoms with van der Waals surface area (Å²) < 4.78 is 0. The molecule has 2 aromatic carbocycles. The summed E-state index contributed by atoms with van der Waals surface area (Å²) in [5, 5.41) is 0. The summed E-state index contributed by atoms with van der Waals surface area (Å²) in [5.41, 5.74) is 6.13. The van der Waals surface area contributed by atoms with Crippen LogP contribution in [0.1, 0.15) is 76.6 Å². The Kier molecular flexibility index (Phi) is 5.04. The standard InChI is InChI=1S/C23H32/c1-17(19-11-13-20(14-12-19)22(2,3)4)15-18-9-8-10-21(16-18)23(5,6)7/h8-14,16-17H,15H2,1-7H3. The van der Waals surface area contributed by atoms with Gasteiger partial charge >= 0.3 is 0 Å². The molecule has 0 heteroatoms. The first-order chi connectivity index (χ1) is 10.6. The Labute approximate surface area is 143 Å². The summed E-state index contributed by atoms with van der Waals surface area (Å²) in [6.07, 6.45) is 1.10. The normalized spacial score (nSPS) is 13.9. The van der Waals surface area contributed by atoms with Gasteiger partial charge in [0.25, 0.3) is 0 Å². The van der Waals surface area contributed by atoms with Crippen molar-refractivity contribution in [2.45, 2.75) is 71.6 Å². The monoisotopic (exact) mass is 308 g/mol. The van der Waals surface area contributed by atoms with Gasteiger partial charge in [-0.3, -0.25) is 0 Å². The molecule has 0 radical (unpaired) electrons. The Morgan fingerprint density at radius 1 is 0.739 bits per heavy atom. The first kappa shape index (κ1) is 17.8. The van der Waals surface area contributed by atoms with Crippen molar-refractivity contribution in [3.8, 4) is 0 Å². The molecule has 0 bridgehead atoms. The molecule has 1 unspecified atom stereocenters. The molecular formula is C23H32. The molecule has 124 valence electrons. The molecule has 0 spiro atoms. The lowest BCUT2D eigenvalue weighted by Gasteiger charge is -2.22. The van der Waals surface area contributed by atoms with Crippen LogP contribution in [0.3, 0.4) is 0 Å². The van der Waals surface area contributed by atoms with Gasteiger partial charge in [-0.05, 0) is 45.4 Å². The molecule has 0 saturated carbocycles. The summed E-state index contributed by atoms with van der Waals surface area (Å²) >= 11 is 0. The van der Waals surface area contributed by atoms with Gasteiger partial charge in [0.15, 0.2) is 0 Å². The van der Waals surface area contributed by atoms with Crippen LogP contribution in [-0.4, -0.2) is 0 Å². The average Bonchev–Trinajstić information content (AvgIpc) is 2.46. The SMILES string of the molecule is CC(Cc1cccc(C(C)(C)C)c1)c1ccc(C(C)(C)C)cc1. The summed E-state index contributed by atoms with van der Waals surface area (Å²) in [4.78, 5) is 0. The van der Waals surface area contributed by atoms with Crippen LogP contribution in [0, 0.1) is 0 Å². The highest BCUT2D eigenvalue weighted by atomic mass is 14.2. The van der Waals surface area contributed by atoms with Gasteiger partial charge in [-0.2, -0.15) is 0 Å². The minimum atomic E-state index is 0.216. The largest absolute Gasteiger partial charge is 0.0617 e. The van der Waals surface area contributed by atoms with Crippen molar-refractivity contribution < 1.29 is 0 Å². The van der Waals surface area contributed by atoms with Crippen LogP contribution in [0.2, 0.25) is 0 Å². The topological polar surface area (TPSA) is 0 Å². The molecule has 0 N–H and O–H groups in total. The minimum absolute atomic E-state index is 0.216. The predicted octanol–water partition coefficient (Wildman–Crippen LogP) is 6.63. The Bertz CT molecular complexity index is 633. The van der Waals surface area contributed by atoms with Crippen molar-refractivity contribution in [3.05, 3.63) is 70.8 Å². The molecule has 0 saturated heterocycles. The van der Waals surface area contributed by atoms with Gasteiger partial charge in [0.2, 0.25) is 0 Å². The smallest absolute Gasteiger partial charge is 0.0132 e. The second-order valence-electron chi connectivity index (χ2n) is 8.93. The third-order valence-corrected chi connectivity index (χ3v) is 4.68. The molecule has 1 atom stereocenters. The zero-order valence-corrected chi connectivity index (χ0v) is 15.9. The van der Waals surface area contributed by atoms with E-state index in [1.54, 1.807) is 0 Å². The summed E-state index contributed by atoms with van der Waals surface area (Å²) in [7, 11) is 0. The van der Waals surface area contributed by atoms with E-state index in [1.165, 1.54) is 22.3 Å². The van der Waals surface area contributed by atoms with Gasteiger partial charge in [-0.1, -0.05) is 97.0 Å². The lowest BCUT2D eigenvalue weighted by molar-refractivity contribution is 0.588. The van der Waals surface area contributed by atoms with E-state index in [9.17, 15) is 0 Å². The van der Waals surface area contributed by atoms with Crippen LogP contribution in [-0.2, 0) is 17.3 Å². The highest BCUT2D eigenvalue weighted by molar-refractivity contribution is 5.33. The van der Waals surface area contributed by atoms with Gasteiger partial charge in [0, 0.05) is 0 Å². The van der Waals surface area contributed by atoms with E-state index < -0.39 is 0 Å². The van der Waals surface area contributed by atoms with Crippen molar-refractivity contribution in [2.24, 2.45) is 0 Å². The zero-order chi connectivity index (χ0) is 17.3. The van der Waals surface area contributed by atoms with Crippen molar-refractivity contribution in [3.63, 3.8) is 0 Å². The number of hydrogen-bond donors (Lipinski definition) is 0. The number of hydrogen-bond acceptors (Lipinski definition) is 0. The molecule has 0 nitrogen and oxygen atoms in total. The third kappa shape index (κ3) is 4.70. The van der Waals surface area contributed by atoms with E-state index in [2.05, 4.69) is 97.0 Å². The van der Waals surface area contributed by atoms with Gasteiger partial charge in [-0.25, -0.2) is 0 Å². The number of benzene rings is 2. The molecular weight excluding hydrogens is 276 g/mol. The van der Waals surface area contributed by atoms with E-state index in [1.807, 2.05) is 0 Å². The Morgan fingerprint density at radius 3 is 1.83 bits per heavy atom. The fourth-order valence-electron chi connectivity index (χ4n) is 2.95. The molecule has 0 aliphatic carbocycles. The van der Waals surface area contributed by atoms with Crippen LogP contribution in [0.25, 0.3) is 0 Å². The maximum absolute atomic E-state index is 2.38. The van der Waals surface area contributed by atoms with Crippen LogP contribution in [0.5, 0.6) is 0 Å². The van der Waals surface area contributed by atoms with Crippen LogP contribution in [0.4, 0.5) is 0 Å². The van der Waals surface area contributed by atoms with Crippen LogP contribution < -0.4 is 0 Å². The molecule has 0 aliphatic rings. The van der Waals surface area contributed by atoms with Gasteiger partial charge in [0.1, 0.15) is 0 Å². The average molecular weight is 309 g/mol. The minimum Gasteiger partial charge on any atom is -0.0617 e. The van der Waals surface area contributed by atoms with Crippen molar-refractivity contribution >= 4 is 0 Å². The fourth-order valence-corrected chi connectivity index (χ4v) is 2.95. The van der Waals surface area contributed by atoms with E-state index >= 15 is 0 Å². The van der Waals surface area contributed by atoms with E-state index in [-0.39, 0.29) is 10.8 Å². The molecule has 0 heterocycles. The molecule has 0 aliphatic heterocycles. The molecule has 0 aromatic heterocycles. The lowest BCUT2D eigenvalue weighted by atomic mass is 9.83. The Morgan fingerprint density at radius 2 is 1.30 bits per heavy atom. The van der Waals surface area contributed by atoms with E-state index in [0.29, 0.717) is 5.92 Å². The van der Waals surface area contributed by atoms with Gasteiger partial charge in [-0.15, -0.1) is 0 Å². The Hall–Kier alpha value is -1.56. The van der Waals surface area contributed by atoms with Crippen LogP contribution in [0.15, 0.2) is 48.5 Å². The summed E-state index contributed by atoms with van der Waals surface area (Å²) in [6.45, 7) is 16.0. The van der Waals surface area contributed by atoms with Gasteiger partial charge in [0.05, 0.1) is 0 Å². The van der Waals surface area contributed by atoms with E-state index in [0.717, 1.165) is 6.42 Å². The van der Waals surface area contributed by atoms with Crippen molar-refractivity contribution in [2.75, 3.05) is 0 Å². The Balaban J connectivity index is 2.14. The first-order valence-electron chi connectivity index (χ1n) is 8.77.